The van der Waals surface area contributed by atoms with Gasteiger partial charge in [-0.05, 0) is 271 Å². The van der Waals surface area contributed by atoms with E-state index in [1.54, 1.807) is 0 Å². The Hall–Kier alpha value is -19.1. The molecule has 0 aliphatic rings. The highest BCUT2D eigenvalue weighted by Crippen LogP contribution is 2.46. The topological polar surface area (TPSA) is 29.6 Å². The molecule has 23 aromatic carbocycles. The first-order valence-corrected chi connectivity index (χ1v) is 49.5. The molecule has 0 N–H and O–H groups in total. The van der Waals surface area contributed by atoms with E-state index in [0.29, 0.717) is 0 Å². The molecule has 144 heavy (non-hydrogen) atoms. The summed E-state index contributed by atoms with van der Waals surface area (Å²) in [6.45, 7) is 0. The van der Waals surface area contributed by atoms with Crippen LogP contribution in [0.4, 0.5) is 0 Å². The zero-order chi connectivity index (χ0) is 95.1. The molecule has 0 aliphatic carbocycles. The van der Waals surface area contributed by atoms with Crippen molar-refractivity contribution >= 4 is 131 Å². The molecular formula is C138H92N6. The zero-order valence-electron chi connectivity index (χ0n) is 78.8. The minimum atomic E-state index is 1.16. The van der Waals surface area contributed by atoms with Crippen LogP contribution in [0.5, 0.6) is 0 Å². The smallest absolute Gasteiger partial charge is 0.0547 e. The number of fused-ring (bicyclic) bond motifs is 18. The molecule has 0 amide bonds. The summed E-state index contributed by atoms with van der Waals surface area (Å²) < 4.78 is 14.4. The fraction of sp³-hybridized carbons (Fsp3) is 0. The van der Waals surface area contributed by atoms with Crippen molar-refractivity contribution < 1.29 is 0 Å². The highest BCUT2D eigenvalue weighted by Gasteiger charge is 2.24. The Balaban J connectivity index is 0.000000108. The van der Waals surface area contributed by atoms with Gasteiger partial charge in [0.25, 0.3) is 0 Å². The van der Waals surface area contributed by atoms with E-state index in [0.717, 1.165) is 22.7 Å². The minimum Gasteiger partial charge on any atom is -0.309 e. The third-order valence-electron chi connectivity index (χ3n) is 29.2. The maximum absolute atomic E-state index is 2.41. The van der Waals surface area contributed by atoms with Crippen LogP contribution in [0.1, 0.15) is 0 Å². The first kappa shape index (κ1) is 84.2. The lowest BCUT2D eigenvalue weighted by molar-refractivity contribution is 1.18. The van der Waals surface area contributed by atoms with Gasteiger partial charge in [0, 0.05) is 98.8 Å². The predicted molar refractivity (Wildman–Crippen MR) is 609 cm³/mol. The largest absolute Gasteiger partial charge is 0.309 e. The fourth-order valence-corrected chi connectivity index (χ4v) is 22.3. The molecule has 0 saturated heterocycles. The summed E-state index contributed by atoms with van der Waals surface area (Å²) in [6, 6.07) is 202. The Morgan fingerprint density at radius 2 is 0.215 bits per heavy atom. The molecule has 0 radical (unpaired) electrons. The average molecular weight is 1830 g/mol. The van der Waals surface area contributed by atoms with Crippen molar-refractivity contribution in [2.75, 3.05) is 0 Å². The summed E-state index contributed by atoms with van der Waals surface area (Å²) in [5, 5.41) is 15.1. The Bertz CT molecular complexity index is 9930. The van der Waals surface area contributed by atoms with E-state index < -0.39 is 0 Å². The first-order chi connectivity index (χ1) is 71.4. The standard InChI is InChI=1S/2C48H32N2.C42H28N2/c1-5-13-33(14-6-1)35-22-26-45-42(29-35)41-25-21-38(32-48(41)50(45)40-19-11-4-12-20-40)37-24-28-47-44(31-37)43-30-36(34-15-7-2-8-16-34)23-27-46(43)49(47)39-17-9-3-10-18-39;1-3-11-33(12-4-1)35-19-25-39(26-20-35)49-46-18-10-8-16-42(46)44-31-37(24-30-47(44)49)38-23-29-43-41-15-7-9-17-45(41)50(48(43)32-38)40-27-21-36(22-28-40)34-13-5-2-6-14-34;1-4-12-29(13-5-1)30-21-24-40-37(26-30)38-27-31(22-25-41(38)43(40)33-14-6-2-7-15-33)32-20-23-36-35-18-10-11-19-39(35)44(42(36)28-32)34-16-8-3-9-17-34/h2*1-32H;1-28H. The monoisotopic (exact) mass is 1830 g/mol. The van der Waals surface area contributed by atoms with E-state index in [1.807, 2.05) is 0 Å². The van der Waals surface area contributed by atoms with Crippen molar-refractivity contribution in [1.82, 2.24) is 27.4 Å². The molecular weight excluding hydrogens is 1740 g/mol. The molecule has 6 nitrogen and oxygen atoms in total. The van der Waals surface area contributed by atoms with Crippen molar-refractivity contribution in [3.63, 3.8) is 0 Å². The minimum absolute atomic E-state index is 1.16. The molecule has 674 valence electrons. The van der Waals surface area contributed by atoms with Crippen LogP contribution >= 0.6 is 0 Å². The lowest BCUT2D eigenvalue weighted by Gasteiger charge is -2.11. The van der Waals surface area contributed by atoms with E-state index in [2.05, 4.69) is 586 Å². The summed E-state index contributed by atoms with van der Waals surface area (Å²) >= 11 is 0. The van der Waals surface area contributed by atoms with Crippen molar-refractivity contribution in [1.29, 1.82) is 0 Å². The maximum atomic E-state index is 2.41. The van der Waals surface area contributed by atoms with Crippen LogP contribution in [0.2, 0.25) is 0 Å². The van der Waals surface area contributed by atoms with Crippen LogP contribution in [0.3, 0.4) is 0 Å². The number of aromatic nitrogens is 6. The van der Waals surface area contributed by atoms with E-state index >= 15 is 0 Å². The highest BCUT2D eigenvalue weighted by atomic mass is 15.0. The van der Waals surface area contributed by atoms with Gasteiger partial charge in [-0.1, -0.05) is 376 Å². The van der Waals surface area contributed by atoms with Crippen molar-refractivity contribution in [2.24, 2.45) is 0 Å². The van der Waals surface area contributed by atoms with Crippen molar-refractivity contribution in [3.8, 4) is 123 Å². The van der Waals surface area contributed by atoms with Gasteiger partial charge in [-0.2, -0.15) is 0 Å². The van der Waals surface area contributed by atoms with Crippen molar-refractivity contribution in [3.05, 3.63) is 558 Å². The van der Waals surface area contributed by atoms with E-state index in [4.69, 9.17) is 0 Å². The van der Waals surface area contributed by atoms with Crippen LogP contribution in [0.25, 0.3) is 254 Å². The number of hydrogen-bond donors (Lipinski definition) is 0. The molecule has 0 atom stereocenters. The molecule has 6 heteroatoms. The van der Waals surface area contributed by atoms with Gasteiger partial charge < -0.3 is 27.4 Å². The van der Waals surface area contributed by atoms with Gasteiger partial charge in [0.15, 0.2) is 0 Å². The molecule has 0 saturated carbocycles. The Morgan fingerprint density at radius 3 is 0.465 bits per heavy atom. The Labute approximate surface area is 833 Å². The molecule has 0 bridgehead atoms. The lowest BCUT2D eigenvalue weighted by Crippen LogP contribution is -1.94. The van der Waals surface area contributed by atoms with E-state index in [-0.39, 0.29) is 0 Å². The molecule has 0 fully saturated rings. The predicted octanol–water partition coefficient (Wildman–Crippen LogP) is 37.0. The van der Waals surface area contributed by atoms with Crippen LogP contribution < -0.4 is 0 Å². The molecule has 29 aromatic rings. The second kappa shape index (κ2) is 35.7. The Kier molecular flexibility index (Phi) is 20.9. The number of hydrogen-bond acceptors (Lipinski definition) is 0. The van der Waals surface area contributed by atoms with Crippen LogP contribution in [-0.2, 0) is 0 Å². The summed E-state index contributed by atoms with van der Waals surface area (Å²) in [7, 11) is 0. The molecule has 29 rings (SSSR count). The highest BCUT2D eigenvalue weighted by molar-refractivity contribution is 6.18. The van der Waals surface area contributed by atoms with Gasteiger partial charge in [0.1, 0.15) is 0 Å². The summed E-state index contributed by atoms with van der Waals surface area (Å²) in [5.41, 5.74) is 41.0. The zero-order valence-corrected chi connectivity index (χ0v) is 78.8. The quantitative estimate of drug-likeness (QED) is 0.104. The van der Waals surface area contributed by atoms with Gasteiger partial charge >= 0.3 is 0 Å². The number of para-hydroxylation sites is 7. The van der Waals surface area contributed by atoms with Crippen LogP contribution in [-0.4, -0.2) is 27.4 Å². The number of benzene rings is 23. The molecule has 6 aromatic heterocycles. The average Bonchev–Trinajstić information content (AvgIpc) is 1.58. The molecule has 0 unspecified atom stereocenters. The van der Waals surface area contributed by atoms with Gasteiger partial charge in [-0.25, -0.2) is 0 Å². The molecule has 6 heterocycles. The third-order valence-corrected chi connectivity index (χ3v) is 29.2. The van der Waals surface area contributed by atoms with E-state index in [1.165, 1.54) is 231 Å². The van der Waals surface area contributed by atoms with Crippen LogP contribution in [0, 0.1) is 0 Å². The molecule has 0 aliphatic heterocycles. The van der Waals surface area contributed by atoms with Gasteiger partial charge in [-0.3, -0.25) is 0 Å². The third kappa shape index (κ3) is 14.8. The number of nitrogens with zero attached hydrogens (tertiary/aromatic N) is 6. The van der Waals surface area contributed by atoms with Crippen molar-refractivity contribution in [2.45, 2.75) is 0 Å². The first-order valence-electron chi connectivity index (χ1n) is 49.5. The van der Waals surface area contributed by atoms with Gasteiger partial charge in [0.05, 0.1) is 66.2 Å². The Morgan fingerprint density at radius 1 is 0.0764 bits per heavy atom. The second-order valence-corrected chi connectivity index (χ2v) is 37.4. The van der Waals surface area contributed by atoms with E-state index in [9.17, 15) is 0 Å². The maximum Gasteiger partial charge on any atom is 0.0547 e. The summed E-state index contributed by atoms with van der Waals surface area (Å²) in [4.78, 5) is 0. The van der Waals surface area contributed by atoms with Gasteiger partial charge in [0.2, 0.25) is 0 Å². The normalized spacial score (nSPS) is 11.6. The summed E-state index contributed by atoms with van der Waals surface area (Å²) in [6.07, 6.45) is 0. The molecule has 0 spiro atoms. The fourth-order valence-electron chi connectivity index (χ4n) is 22.3. The SMILES string of the molecule is c1ccc(-c2ccc(-n3c4ccccc4c4cc(-c5ccc6c7ccccc7n(-c7ccc(-c8ccccc8)cc7)c6c5)ccc43)cc2)cc1.c1ccc(-c2ccc3c(c2)c2cc(-c4ccc5c6cc(-c7ccccc7)ccc6n(-c6ccccc6)c5c4)ccc2n3-c2ccccc2)cc1.c1ccc(-c2ccc3c(c2)c2cc(-c4ccc5c6ccccc6n(-c6ccccc6)c5c4)ccc2n3-c2ccccc2)cc1. The van der Waals surface area contributed by atoms with Crippen LogP contribution in [0.15, 0.2) is 558 Å². The van der Waals surface area contributed by atoms with Gasteiger partial charge in [-0.15, -0.1) is 0 Å². The second-order valence-electron chi connectivity index (χ2n) is 37.4. The summed E-state index contributed by atoms with van der Waals surface area (Å²) in [5.74, 6) is 0. The lowest BCUT2D eigenvalue weighted by atomic mass is 9.99. The number of rotatable bonds is 14.